The van der Waals surface area contributed by atoms with Crippen LogP contribution in [0.25, 0.3) is 22.3 Å². The summed E-state index contributed by atoms with van der Waals surface area (Å²) in [5, 5.41) is 0. The molecule has 4 heteroatoms. The van der Waals surface area contributed by atoms with Crippen LogP contribution >= 0.6 is 0 Å². The molecule has 1 aromatic heterocycles. The fourth-order valence-electron chi connectivity index (χ4n) is 2.49. The normalized spacial score (nSPS) is 10.3. The van der Waals surface area contributed by atoms with Crippen molar-refractivity contribution in [1.82, 2.24) is 0 Å². The minimum atomic E-state index is -0.405. The van der Waals surface area contributed by atoms with Crippen LogP contribution in [0.1, 0.15) is 21.1 Å². The molecule has 0 aliphatic heterocycles. The molecule has 0 atom stereocenters. The molecule has 0 aliphatic carbocycles. The minimum Gasteiger partial charge on any atom is -0.449 e. The highest BCUT2D eigenvalue weighted by atomic mass is 16.4. The standard InChI is InChI=1S/C19H12O4/c20-11-15-17(13-7-3-1-4-8-13)19(22)18(16(12-21)23-15)14-9-5-2-6-10-14/h1-12H. The topological polar surface area (TPSA) is 64.3 Å². The number of benzene rings is 2. The molecular formula is C19H12O4. The highest BCUT2D eigenvalue weighted by Gasteiger charge is 2.21. The smallest absolute Gasteiger partial charge is 0.201 e. The van der Waals surface area contributed by atoms with E-state index in [9.17, 15) is 14.4 Å². The van der Waals surface area contributed by atoms with Gasteiger partial charge in [-0.15, -0.1) is 0 Å². The van der Waals surface area contributed by atoms with Crippen molar-refractivity contribution in [3.63, 3.8) is 0 Å². The Labute approximate surface area is 132 Å². The van der Waals surface area contributed by atoms with E-state index in [0.717, 1.165) is 0 Å². The summed E-state index contributed by atoms with van der Waals surface area (Å²) in [5.74, 6) is -0.300. The van der Waals surface area contributed by atoms with Crippen molar-refractivity contribution in [1.29, 1.82) is 0 Å². The zero-order chi connectivity index (χ0) is 16.2. The third kappa shape index (κ3) is 2.62. The molecule has 0 fully saturated rings. The SMILES string of the molecule is O=Cc1oc(C=O)c(-c2ccccc2)c(=O)c1-c1ccccc1. The zero-order valence-electron chi connectivity index (χ0n) is 12.1. The lowest BCUT2D eigenvalue weighted by molar-refractivity contribution is 0.107. The summed E-state index contributed by atoms with van der Waals surface area (Å²) in [6.45, 7) is 0. The molecule has 0 unspecified atom stereocenters. The number of hydrogen-bond acceptors (Lipinski definition) is 4. The van der Waals surface area contributed by atoms with E-state index in [1.54, 1.807) is 48.5 Å². The van der Waals surface area contributed by atoms with Gasteiger partial charge in [0.25, 0.3) is 0 Å². The number of hydrogen-bond donors (Lipinski definition) is 0. The van der Waals surface area contributed by atoms with Gasteiger partial charge in [0.05, 0.1) is 11.1 Å². The fraction of sp³-hybridized carbons (Fsp3) is 0. The van der Waals surface area contributed by atoms with Crippen molar-refractivity contribution < 1.29 is 14.0 Å². The summed E-state index contributed by atoms with van der Waals surface area (Å²) in [6, 6.07) is 17.5. The summed E-state index contributed by atoms with van der Waals surface area (Å²) < 4.78 is 5.39. The molecule has 23 heavy (non-hydrogen) atoms. The molecular weight excluding hydrogens is 292 g/mol. The van der Waals surface area contributed by atoms with E-state index in [4.69, 9.17) is 4.42 Å². The van der Waals surface area contributed by atoms with E-state index in [2.05, 4.69) is 0 Å². The summed E-state index contributed by atoms with van der Waals surface area (Å²) in [7, 11) is 0. The van der Waals surface area contributed by atoms with Gasteiger partial charge in [-0.3, -0.25) is 14.4 Å². The molecule has 3 aromatic rings. The molecule has 0 bridgehead atoms. The monoisotopic (exact) mass is 304 g/mol. The van der Waals surface area contributed by atoms with E-state index in [1.807, 2.05) is 12.1 Å². The minimum absolute atomic E-state index is 0.150. The van der Waals surface area contributed by atoms with Crippen LogP contribution in [0.4, 0.5) is 0 Å². The van der Waals surface area contributed by atoms with Crippen molar-refractivity contribution in [3.8, 4) is 22.3 Å². The molecule has 2 aromatic carbocycles. The molecule has 0 spiro atoms. The van der Waals surface area contributed by atoms with Crippen LogP contribution in [0.3, 0.4) is 0 Å². The van der Waals surface area contributed by atoms with Crippen LogP contribution in [-0.2, 0) is 0 Å². The van der Waals surface area contributed by atoms with Crippen molar-refractivity contribution >= 4 is 12.6 Å². The summed E-state index contributed by atoms with van der Waals surface area (Å²) in [5.41, 5.74) is 1.05. The Morgan fingerprint density at radius 1 is 0.652 bits per heavy atom. The first kappa shape index (κ1) is 14.7. The molecule has 112 valence electrons. The molecule has 0 radical (unpaired) electrons. The van der Waals surface area contributed by atoms with Crippen molar-refractivity contribution in [2.75, 3.05) is 0 Å². The molecule has 1 heterocycles. The Morgan fingerprint density at radius 3 is 1.39 bits per heavy atom. The van der Waals surface area contributed by atoms with Crippen LogP contribution in [-0.4, -0.2) is 12.6 Å². The highest BCUT2D eigenvalue weighted by molar-refractivity contribution is 5.91. The van der Waals surface area contributed by atoms with Gasteiger partial charge >= 0.3 is 0 Å². The molecule has 0 saturated heterocycles. The molecule has 0 amide bonds. The van der Waals surface area contributed by atoms with Gasteiger partial charge in [-0.1, -0.05) is 60.7 Å². The maximum atomic E-state index is 13.0. The maximum absolute atomic E-state index is 13.0. The summed E-state index contributed by atoms with van der Waals surface area (Å²) in [4.78, 5) is 35.6. The average molecular weight is 304 g/mol. The number of carbonyl (C=O) groups is 2. The Hall–Kier alpha value is -3.27. The first-order chi connectivity index (χ1) is 11.3. The summed E-state index contributed by atoms with van der Waals surface area (Å²) in [6.07, 6.45) is 0.900. The quantitative estimate of drug-likeness (QED) is 0.691. The van der Waals surface area contributed by atoms with E-state index in [-0.39, 0.29) is 22.6 Å². The lowest BCUT2D eigenvalue weighted by atomic mass is 9.97. The zero-order valence-corrected chi connectivity index (χ0v) is 12.1. The van der Waals surface area contributed by atoms with E-state index >= 15 is 0 Å². The van der Waals surface area contributed by atoms with Crippen molar-refractivity contribution in [2.45, 2.75) is 0 Å². The number of aldehydes is 2. The van der Waals surface area contributed by atoms with Crippen LogP contribution in [0, 0.1) is 0 Å². The highest BCUT2D eigenvalue weighted by Crippen LogP contribution is 2.26. The number of rotatable bonds is 4. The predicted octanol–water partition coefficient (Wildman–Crippen LogP) is 3.60. The molecule has 3 rings (SSSR count). The van der Waals surface area contributed by atoms with Gasteiger partial charge in [0.1, 0.15) is 0 Å². The van der Waals surface area contributed by atoms with Gasteiger partial charge in [-0.05, 0) is 11.1 Å². The third-order valence-electron chi connectivity index (χ3n) is 3.51. The van der Waals surface area contributed by atoms with E-state index < -0.39 is 5.43 Å². The van der Waals surface area contributed by atoms with Crippen molar-refractivity contribution in [3.05, 3.63) is 82.4 Å². The van der Waals surface area contributed by atoms with Gasteiger partial charge in [-0.25, -0.2) is 0 Å². The van der Waals surface area contributed by atoms with Crippen LogP contribution < -0.4 is 5.43 Å². The second kappa shape index (κ2) is 6.23. The van der Waals surface area contributed by atoms with E-state index in [1.165, 1.54) is 0 Å². The van der Waals surface area contributed by atoms with Gasteiger partial charge in [0, 0.05) is 0 Å². The predicted molar refractivity (Wildman–Crippen MR) is 86.6 cm³/mol. The lowest BCUT2D eigenvalue weighted by Gasteiger charge is -2.09. The van der Waals surface area contributed by atoms with Crippen LogP contribution in [0.2, 0.25) is 0 Å². The average Bonchev–Trinajstić information content (AvgIpc) is 2.62. The van der Waals surface area contributed by atoms with Gasteiger partial charge in [-0.2, -0.15) is 0 Å². The molecule has 0 N–H and O–H groups in total. The first-order valence-electron chi connectivity index (χ1n) is 6.98. The van der Waals surface area contributed by atoms with Gasteiger partial charge in [0.2, 0.25) is 5.43 Å². The maximum Gasteiger partial charge on any atom is 0.201 e. The largest absolute Gasteiger partial charge is 0.449 e. The molecule has 0 aliphatic rings. The second-order valence-corrected chi connectivity index (χ2v) is 4.88. The Morgan fingerprint density at radius 2 is 1.04 bits per heavy atom. The van der Waals surface area contributed by atoms with Crippen molar-refractivity contribution in [2.24, 2.45) is 0 Å². The van der Waals surface area contributed by atoms with Crippen LogP contribution in [0.5, 0.6) is 0 Å². The first-order valence-corrected chi connectivity index (χ1v) is 6.98. The fourth-order valence-corrected chi connectivity index (χ4v) is 2.49. The lowest BCUT2D eigenvalue weighted by Crippen LogP contribution is -2.14. The number of carbonyl (C=O) groups excluding carboxylic acids is 2. The Bertz CT molecular complexity index is 837. The molecule has 0 saturated carbocycles. The van der Waals surface area contributed by atoms with E-state index in [0.29, 0.717) is 23.7 Å². The van der Waals surface area contributed by atoms with Crippen LogP contribution in [0.15, 0.2) is 69.9 Å². The Kier molecular flexibility index (Phi) is 3.97. The van der Waals surface area contributed by atoms with Gasteiger partial charge in [0.15, 0.2) is 24.1 Å². The van der Waals surface area contributed by atoms with Gasteiger partial charge < -0.3 is 4.42 Å². The third-order valence-corrected chi connectivity index (χ3v) is 3.51. The summed E-state index contributed by atoms with van der Waals surface area (Å²) >= 11 is 0. The Balaban J connectivity index is 2.40. The molecule has 4 nitrogen and oxygen atoms in total. The second-order valence-electron chi connectivity index (χ2n) is 4.88.